The number of nitrogens with one attached hydrogen (secondary N) is 1. The molecule has 36 heavy (non-hydrogen) atoms. The summed E-state index contributed by atoms with van der Waals surface area (Å²) in [5.41, 5.74) is 4.03. The average molecular weight is 505 g/mol. The zero-order valence-corrected chi connectivity index (χ0v) is 19.9. The standard InChI is InChI=1S/C25H22ClFN8O/c26-21-13-17(6-7-20(21)23-3-1-2-8-28-23)32-19-5-4-18(29-14-19)15-31-34-25-30-16-22(27)24(33-25)35-9-11-36-12-10-35/h1-8,13-14,16,32H,9-12,15H2. The topological polar surface area (TPSA) is 101 Å². The van der Waals surface area contributed by atoms with Crippen molar-refractivity contribution >= 4 is 34.7 Å². The van der Waals surface area contributed by atoms with Gasteiger partial charge in [0.25, 0.3) is 5.95 Å². The third-order valence-electron chi connectivity index (χ3n) is 5.44. The zero-order chi connectivity index (χ0) is 24.7. The van der Waals surface area contributed by atoms with Gasteiger partial charge >= 0.3 is 0 Å². The number of pyridine rings is 2. The van der Waals surface area contributed by atoms with Crippen molar-refractivity contribution in [1.29, 1.82) is 0 Å². The van der Waals surface area contributed by atoms with Crippen LogP contribution in [0.3, 0.4) is 0 Å². The van der Waals surface area contributed by atoms with Gasteiger partial charge in [-0.3, -0.25) is 9.97 Å². The van der Waals surface area contributed by atoms with Gasteiger partial charge in [0.2, 0.25) is 0 Å². The number of benzene rings is 1. The van der Waals surface area contributed by atoms with E-state index in [1.165, 1.54) is 0 Å². The third kappa shape index (κ3) is 5.78. The predicted molar refractivity (Wildman–Crippen MR) is 135 cm³/mol. The number of nitrogens with zero attached hydrogens (tertiary/aromatic N) is 7. The molecule has 1 aliphatic rings. The van der Waals surface area contributed by atoms with Crippen molar-refractivity contribution in [3.63, 3.8) is 0 Å². The average Bonchev–Trinajstić information content (AvgIpc) is 2.92. The van der Waals surface area contributed by atoms with E-state index < -0.39 is 5.82 Å². The number of anilines is 3. The van der Waals surface area contributed by atoms with E-state index in [-0.39, 0.29) is 18.3 Å². The van der Waals surface area contributed by atoms with E-state index in [4.69, 9.17) is 16.3 Å². The first-order valence-electron chi connectivity index (χ1n) is 11.3. The number of halogens is 2. The Hall–Kier alpha value is -4.02. The van der Waals surface area contributed by atoms with Crippen LogP contribution in [0.2, 0.25) is 5.02 Å². The van der Waals surface area contributed by atoms with E-state index in [2.05, 4.69) is 35.5 Å². The SMILES string of the molecule is Fc1cnc(N=NCc2ccc(Nc3ccc(-c4ccccn4)c(Cl)c3)cn2)nc1N1CCOCC1. The summed E-state index contributed by atoms with van der Waals surface area (Å²) in [4.78, 5) is 18.7. The van der Waals surface area contributed by atoms with E-state index in [1.54, 1.807) is 12.4 Å². The van der Waals surface area contributed by atoms with Crippen molar-refractivity contribution in [3.05, 3.63) is 83.7 Å². The first-order valence-corrected chi connectivity index (χ1v) is 11.7. The van der Waals surface area contributed by atoms with Crippen molar-refractivity contribution in [1.82, 2.24) is 19.9 Å². The Morgan fingerprint density at radius 3 is 2.61 bits per heavy atom. The van der Waals surface area contributed by atoms with Gasteiger partial charge in [-0.1, -0.05) is 17.7 Å². The minimum atomic E-state index is -0.492. The number of morpholine rings is 1. The van der Waals surface area contributed by atoms with Crippen molar-refractivity contribution in [2.24, 2.45) is 10.2 Å². The van der Waals surface area contributed by atoms with E-state index in [1.807, 2.05) is 53.4 Å². The van der Waals surface area contributed by atoms with Gasteiger partial charge in [0.15, 0.2) is 11.6 Å². The minimum Gasteiger partial charge on any atom is -0.378 e. The molecule has 0 spiro atoms. The van der Waals surface area contributed by atoms with Crippen LogP contribution in [0.4, 0.5) is 27.5 Å². The lowest BCUT2D eigenvalue weighted by Crippen LogP contribution is -2.37. The molecule has 0 unspecified atom stereocenters. The summed E-state index contributed by atoms with van der Waals surface area (Å²) in [6.45, 7) is 2.42. The highest BCUT2D eigenvalue weighted by Gasteiger charge is 2.17. The second kappa shape index (κ2) is 11.1. The van der Waals surface area contributed by atoms with Crippen LogP contribution in [0.5, 0.6) is 0 Å². The lowest BCUT2D eigenvalue weighted by Gasteiger charge is -2.27. The first kappa shape index (κ1) is 23.7. The highest BCUT2D eigenvalue weighted by atomic mass is 35.5. The van der Waals surface area contributed by atoms with Crippen LogP contribution in [0.1, 0.15) is 5.69 Å². The number of hydrogen-bond acceptors (Lipinski definition) is 9. The van der Waals surface area contributed by atoms with Crippen LogP contribution >= 0.6 is 11.6 Å². The third-order valence-corrected chi connectivity index (χ3v) is 5.75. The Labute approximate surface area is 212 Å². The first-order chi connectivity index (χ1) is 17.7. The van der Waals surface area contributed by atoms with Crippen LogP contribution in [-0.2, 0) is 11.3 Å². The van der Waals surface area contributed by atoms with E-state index in [0.29, 0.717) is 37.0 Å². The van der Waals surface area contributed by atoms with Crippen molar-refractivity contribution in [2.75, 3.05) is 36.5 Å². The molecular formula is C25H22ClFN8O. The van der Waals surface area contributed by atoms with Gasteiger partial charge in [0.05, 0.1) is 47.7 Å². The van der Waals surface area contributed by atoms with Gasteiger partial charge < -0.3 is 15.0 Å². The normalized spacial score (nSPS) is 13.8. The molecule has 3 aromatic heterocycles. The number of aromatic nitrogens is 4. The van der Waals surface area contributed by atoms with Crippen molar-refractivity contribution in [3.8, 4) is 11.3 Å². The van der Waals surface area contributed by atoms with E-state index in [9.17, 15) is 4.39 Å². The summed E-state index contributed by atoms with van der Waals surface area (Å²) in [5.74, 6) is -0.181. The molecule has 9 nitrogen and oxygen atoms in total. The molecular weight excluding hydrogens is 483 g/mol. The maximum atomic E-state index is 14.1. The van der Waals surface area contributed by atoms with Gasteiger partial charge in [-0.05, 0) is 42.5 Å². The Morgan fingerprint density at radius 1 is 1.00 bits per heavy atom. The number of rotatable bonds is 7. The number of hydrogen-bond donors (Lipinski definition) is 1. The maximum absolute atomic E-state index is 14.1. The Bertz CT molecular complexity index is 1350. The molecule has 182 valence electrons. The molecule has 4 heterocycles. The summed E-state index contributed by atoms with van der Waals surface area (Å²) in [5, 5.41) is 12.0. The lowest BCUT2D eigenvalue weighted by atomic mass is 10.1. The van der Waals surface area contributed by atoms with Crippen LogP contribution in [-0.4, -0.2) is 46.2 Å². The molecule has 0 radical (unpaired) electrons. The molecule has 1 saturated heterocycles. The fraction of sp³-hybridized carbons (Fsp3) is 0.200. The quantitative estimate of drug-likeness (QED) is 0.327. The summed E-state index contributed by atoms with van der Waals surface area (Å²) in [6, 6.07) is 15.2. The molecule has 5 rings (SSSR count). The van der Waals surface area contributed by atoms with Crippen LogP contribution in [0.25, 0.3) is 11.3 Å². The summed E-state index contributed by atoms with van der Waals surface area (Å²) in [6.07, 6.45) is 4.55. The minimum absolute atomic E-state index is 0.0993. The Morgan fingerprint density at radius 2 is 1.86 bits per heavy atom. The smallest absolute Gasteiger partial charge is 0.270 e. The molecule has 4 aromatic rings. The monoisotopic (exact) mass is 504 g/mol. The Balaban J connectivity index is 1.20. The second-order valence-electron chi connectivity index (χ2n) is 7.91. The second-order valence-corrected chi connectivity index (χ2v) is 8.32. The number of ether oxygens (including phenoxy) is 1. The molecule has 0 saturated carbocycles. The molecule has 1 N–H and O–H groups in total. The molecule has 11 heteroatoms. The van der Waals surface area contributed by atoms with Crippen molar-refractivity contribution < 1.29 is 9.13 Å². The van der Waals surface area contributed by atoms with Gasteiger partial charge in [0.1, 0.15) is 6.54 Å². The molecule has 1 fully saturated rings. The fourth-order valence-corrected chi connectivity index (χ4v) is 3.92. The largest absolute Gasteiger partial charge is 0.378 e. The fourth-order valence-electron chi connectivity index (χ4n) is 3.65. The Kier molecular flexibility index (Phi) is 7.34. The van der Waals surface area contributed by atoms with Gasteiger partial charge in [-0.2, -0.15) is 10.1 Å². The molecule has 0 bridgehead atoms. The van der Waals surface area contributed by atoms with Crippen LogP contribution < -0.4 is 10.2 Å². The number of azo groups is 1. The van der Waals surface area contributed by atoms with E-state index >= 15 is 0 Å². The molecule has 1 aliphatic heterocycles. The van der Waals surface area contributed by atoms with Gasteiger partial charge in [-0.25, -0.2) is 9.37 Å². The molecule has 0 amide bonds. The highest BCUT2D eigenvalue weighted by Crippen LogP contribution is 2.30. The van der Waals surface area contributed by atoms with Crippen molar-refractivity contribution in [2.45, 2.75) is 6.54 Å². The summed E-state index contributed by atoms with van der Waals surface area (Å²) in [7, 11) is 0. The van der Waals surface area contributed by atoms with Crippen LogP contribution in [0.15, 0.2) is 77.3 Å². The summed E-state index contributed by atoms with van der Waals surface area (Å²) >= 11 is 6.47. The zero-order valence-electron chi connectivity index (χ0n) is 19.2. The summed E-state index contributed by atoms with van der Waals surface area (Å²) < 4.78 is 19.5. The maximum Gasteiger partial charge on any atom is 0.270 e. The van der Waals surface area contributed by atoms with E-state index in [0.717, 1.165) is 28.8 Å². The lowest BCUT2D eigenvalue weighted by molar-refractivity contribution is 0.122. The predicted octanol–water partition coefficient (Wildman–Crippen LogP) is 5.59. The highest BCUT2D eigenvalue weighted by molar-refractivity contribution is 6.33. The molecule has 1 aromatic carbocycles. The van der Waals surface area contributed by atoms with Gasteiger partial charge in [0, 0.05) is 30.5 Å². The molecule has 0 aliphatic carbocycles. The molecule has 0 atom stereocenters. The van der Waals surface area contributed by atoms with Crippen LogP contribution in [0, 0.1) is 5.82 Å². The van der Waals surface area contributed by atoms with Gasteiger partial charge in [-0.15, -0.1) is 5.11 Å².